The van der Waals surface area contributed by atoms with Gasteiger partial charge in [-0.3, -0.25) is 4.79 Å². The van der Waals surface area contributed by atoms with E-state index >= 15 is 0 Å². The standard InChI is InChI=1S/C15H19N3O4S2/c1-10-17-18-15(24-10)23-9-14(20)16-7-11(19)8-22-13-5-3-4-12(6-13)21-2/h3-6,11,19H,7-9H2,1-2H3,(H,16,20)/t11-/m0/s1. The second-order valence-electron chi connectivity index (χ2n) is 4.82. The predicted molar refractivity (Wildman–Crippen MR) is 92.9 cm³/mol. The fraction of sp³-hybridized carbons (Fsp3) is 0.400. The van der Waals surface area contributed by atoms with E-state index in [9.17, 15) is 9.90 Å². The predicted octanol–water partition coefficient (Wildman–Crippen LogP) is 1.50. The number of methoxy groups -OCH3 is 1. The summed E-state index contributed by atoms with van der Waals surface area (Å²) in [6, 6.07) is 7.11. The van der Waals surface area contributed by atoms with Gasteiger partial charge in [0.25, 0.3) is 0 Å². The van der Waals surface area contributed by atoms with E-state index < -0.39 is 6.10 Å². The summed E-state index contributed by atoms with van der Waals surface area (Å²) in [6.07, 6.45) is -0.797. The molecule has 0 fully saturated rings. The van der Waals surface area contributed by atoms with Gasteiger partial charge >= 0.3 is 0 Å². The van der Waals surface area contributed by atoms with Crippen LogP contribution >= 0.6 is 23.1 Å². The minimum atomic E-state index is -0.797. The molecule has 1 aromatic heterocycles. The first kappa shape index (κ1) is 18.5. The van der Waals surface area contributed by atoms with Gasteiger partial charge in [-0.2, -0.15) is 0 Å². The zero-order valence-corrected chi connectivity index (χ0v) is 15.0. The highest BCUT2D eigenvalue weighted by Crippen LogP contribution is 2.21. The number of hydrogen-bond donors (Lipinski definition) is 2. The molecule has 24 heavy (non-hydrogen) atoms. The van der Waals surface area contributed by atoms with Gasteiger partial charge in [0.2, 0.25) is 5.91 Å². The first-order chi connectivity index (χ1) is 11.6. The Hall–Kier alpha value is -1.84. The van der Waals surface area contributed by atoms with E-state index in [0.717, 1.165) is 9.35 Å². The number of aliphatic hydroxyl groups is 1. The van der Waals surface area contributed by atoms with Gasteiger partial charge in [0.15, 0.2) is 4.34 Å². The maximum Gasteiger partial charge on any atom is 0.230 e. The van der Waals surface area contributed by atoms with Crippen molar-refractivity contribution in [1.29, 1.82) is 0 Å². The van der Waals surface area contributed by atoms with Crippen molar-refractivity contribution in [2.24, 2.45) is 0 Å². The molecular weight excluding hydrogens is 350 g/mol. The van der Waals surface area contributed by atoms with Crippen molar-refractivity contribution in [3.63, 3.8) is 0 Å². The van der Waals surface area contributed by atoms with Crippen LogP contribution < -0.4 is 14.8 Å². The highest BCUT2D eigenvalue weighted by molar-refractivity contribution is 8.01. The van der Waals surface area contributed by atoms with Gasteiger partial charge in [-0.1, -0.05) is 29.2 Å². The third-order valence-corrected chi connectivity index (χ3v) is 4.82. The smallest absolute Gasteiger partial charge is 0.230 e. The summed E-state index contributed by atoms with van der Waals surface area (Å²) in [5.41, 5.74) is 0. The topological polar surface area (TPSA) is 93.6 Å². The van der Waals surface area contributed by atoms with E-state index in [4.69, 9.17) is 9.47 Å². The summed E-state index contributed by atoms with van der Waals surface area (Å²) in [6.45, 7) is 2.06. The van der Waals surface area contributed by atoms with Crippen LogP contribution in [0.5, 0.6) is 11.5 Å². The SMILES string of the molecule is COc1cccc(OC[C@@H](O)CNC(=O)CSc2nnc(C)s2)c1. The Morgan fingerprint density at radius 2 is 2.21 bits per heavy atom. The first-order valence-electron chi connectivity index (χ1n) is 7.21. The van der Waals surface area contributed by atoms with Crippen molar-refractivity contribution in [3.8, 4) is 11.5 Å². The molecule has 2 aromatic rings. The zero-order chi connectivity index (χ0) is 17.4. The lowest BCUT2D eigenvalue weighted by Crippen LogP contribution is -2.36. The van der Waals surface area contributed by atoms with Gasteiger partial charge in [0.05, 0.1) is 12.9 Å². The molecule has 7 nitrogen and oxygen atoms in total. The molecule has 1 heterocycles. The molecule has 0 aliphatic carbocycles. The van der Waals surface area contributed by atoms with Gasteiger partial charge in [-0.05, 0) is 19.1 Å². The third kappa shape index (κ3) is 6.34. The number of nitrogens with zero attached hydrogens (tertiary/aromatic N) is 2. The summed E-state index contributed by atoms with van der Waals surface area (Å²) in [5, 5.41) is 21.2. The van der Waals surface area contributed by atoms with Gasteiger partial charge in [-0.15, -0.1) is 10.2 Å². The summed E-state index contributed by atoms with van der Waals surface area (Å²) in [5.74, 6) is 1.34. The van der Waals surface area contributed by atoms with Crippen molar-refractivity contribution in [2.75, 3.05) is 26.0 Å². The number of ether oxygens (including phenoxy) is 2. The van der Waals surface area contributed by atoms with Crippen molar-refractivity contribution >= 4 is 29.0 Å². The summed E-state index contributed by atoms with van der Waals surface area (Å²) < 4.78 is 11.3. The Morgan fingerprint density at radius 1 is 1.42 bits per heavy atom. The van der Waals surface area contributed by atoms with Gasteiger partial charge in [0.1, 0.15) is 29.2 Å². The molecule has 2 rings (SSSR count). The molecule has 130 valence electrons. The summed E-state index contributed by atoms with van der Waals surface area (Å²) >= 11 is 2.77. The molecule has 0 aliphatic heterocycles. The van der Waals surface area contributed by atoms with Gasteiger partial charge < -0.3 is 19.9 Å². The number of aryl methyl sites for hydroxylation is 1. The Balaban J connectivity index is 1.64. The van der Waals surface area contributed by atoms with Crippen LogP contribution in [-0.4, -0.2) is 53.3 Å². The zero-order valence-electron chi connectivity index (χ0n) is 13.4. The number of carbonyl (C=O) groups is 1. The van der Waals surface area contributed by atoms with Crippen LogP contribution in [0.15, 0.2) is 28.6 Å². The average molecular weight is 369 g/mol. The van der Waals surface area contributed by atoms with Crippen molar-refractivity contribution < 1.29 is 19.4 Å². The lowest BCUT2D eigenvalue weighted by molar-refractivity contribution is -0.119. The summed E-state index contributed by atoms with van der Waals surface area (Å²) in [7, 11) is 1.57. The number of benzene rings is 1. The Morgan fingerprint density at radius 3 is 2.92 bits per heavy atom. The number of hydrogen-bond acceptors (Lipinski definition) is 8. The Bertz CT molecular complexity index is 666. The Kier molecular flexibility index (Phi) is 7.29. The molecule has 0 spiro atoms. The minimum absolute atomic E-state index is 0.0795. The molecule has 0 saturated heterocycles. The first-order valence-corrected chi connectivity index (χ1v) is 9.01. The molecule has 0 aliphatic rings. The van der Waals surface area contributed by atoms with E-state index in [-0.39, 0.29) is 24.8 Å². The number of carbonyl (C=O) groups excluding carboxylic acids is 1. The van der Waals surface area contributed by atoms with E-state index in [1.807, 2.05) is 6.92 Å². The third-order valence-electron chi connectivity index (χ3n) is 2.85. The molecule has 0 bridgehead atoms. The van der Waals surface area contributed by atoms with E-state index in [1.54, 1.807) is 31.4 Å². The highest BCUT2D eigenvalue weighted by atomic mass is 32.2. The second kappa shape index (κ2) is 9.45. The van der Waals surface area contributed by atoms with Gasteiger partial charge in [-0.25, -0.2) is 0 Å². The lowest BCUT2D eigenvalue weighted by Gasteiger charge is -2.13. The molecule has 9 heteroatoms. The second-order valence-corrected chi connectivity index (χ2v) is 7.23. The Labute approximate surface area is 148 Å². The van der Waals surface area contributed by atoms with Crippen LogP contribution in [0.3, 0.4) is 0 Å². The number of thioether (sulfide) groups is 1. The molecule has 1 atom stereocenters. The molecular formula is C15H19N3O4S2. The van der Waals surface area contributed by atoms with Crippen LogP contribution in [0.2, 0.25) is 0 Å². The van der Waals surface area contributed by atoms with Crippen molar-refractivity contribution in [1.82, 2.24) is 15.5 Å². The van der Waals surface area contributed by atoms with Crippen LogP contribution in [0.1, 0.15) is 5.01 Å². The molecule has 0 radical (unpaired) electrons. The molecule has 1 aromatic carbocycles. The van der Waals surface area contributed by atoms with E-state index in [2.05, 4.69) is 15.5 Å². The van der Waals surface area contributed by atoms with Crippen molar-refractivity contribution in [3.05, 3.63) is 29.3 Å². The molecule has 0 saturated carbocycles. The number of nitrogens with one attached hydrogen (secondary N) is 1. The lowest BCUT2D eigenvalue weighted by atomic mass is 10.3. The highest BCUT2D eigenvalue weighted by Gasteiger charge is 2.10. The molecule has 2 N–H and O–H groups in total. The fourth-order valence-electron chi connectivity index (χ4n) is 1.69. The number of aromatic nitrogens is 2. The largest absolute Gasteiger partial charge is 0.497 e. The molecule has 1 amide bonds. The van der Waals surface area contributed by atoms with Crippen molar-refractivity contribution in [2.45, 2.75) is 17.4 Å². The van der Waals surface area contributed by atoms with Crippen LogP contribution in [0, 0.1) is 6.92 Å². The maximum atomic E-state index is 11.7. The van der Waals surface area contributed by atoms with Crippen LogP contribution in [-0.2, 0) is 4.79 Å². The summed E-state index contributed by atoms with van der Waals surface area (Å²) in [4.78, 5) is 11.7. The maximum absolute atomic E-state index is 11.7. The normalized spacial score (nSPS) is 11.8. The van der Waals surface area contributed by atoms with E-state index in [1.165, 1.54) is 23.1 Å². The minimum Gasteiger partial charge on any atom is -0.497 e. The number of aliphatic hydroxyl groups excluding tert-OH is 1. The molecule has 0 unspecified atom stereocenters. The quantitative estimate of drug-likeness (QED) is 0.647. The van der Waals surface area contributed by atoms with Crippen LogP contribution in [0.25, 0.3) is 0 Å². The number of rotatable bonds is 9. The number of amides is 1. The monoisotopic (exact) mass is 369 g/mol. The fourth-order valence-corrected chi connectivity index (χ4v) is 3.33. The van der Waals surface area contributed by atoms with E-state index in [0.29, 0.717) is 11.5 Å². The average Bonchev–Trinajstić information content (AvgIpc) is 3.02. The van der Waals surface area contributed by atoms with Gasteiger partial charge in [0, 0.05) is 12.6 Å². The van der Waals surface area contributed by atoms with Crippen LogP contribution in [0.4, 0.5) is 0 Å².